The highest BCUT2D eigenvalue weighted by Crippen LogP contribution is 2.31. The standard InChI is InChI=1S/C16H31N3/c1-2-9-19(12-15-5-3-4-8-17-15)16-13-18-10-6-14(16)7-11-18/h14-17H,2-13H2,1H3. The van der Waals surface area contributed by atoms with Crippen molar-refractivity contribution in [2.24, 2.45) is 5.92 Å². The van der Waals surface area contributed by atoms with Crippen LogP contribution in [0.5, 0.6) is 0 Å². The summed E-state index contributed by atoms with van der Waals surface area (Å²) in [4.78, 5) is 5.53. The van der Waals surface area contributed by atoms with Crippen molar-refractivity contribution in [3.63, 3.8) is 0 Å². The number of hydrogen-bond acceptors (Lipinski definition) is 3. The Kier molecular flexibility index (Phi) is 4.78. The minimum absolute atomic E-state index is 0.760. The first-order chi connectivity index (χ1) is 9.36. The number of fused-ring (bicyclic) bond motifs is 3. The fourth-order valence-electron chi connectivity index (χ4n) is 4.39. The molecule has 4 aliphatic rings. The van der Waals surface area contributed by atoms with Crippen LogP contribution in [0.25, 0.3) is 0 Å². The van der Waals surface area contributed by atoms with Crippen LogP contribution in [0.3, 0.4) is 0 Å². The molecule has 110 valence electrons. The summed E-state index contributed by atoms with van der Waals surface area (Å²) in [6.45, 7) is 10.2. The summed E-state index contributed by atoms with van der Waals surface area (Å²) in [5.41, 5.74) is 0. The van der Waals surface area contributed by atoms with Crippen LogP contribution in [0.15, 0.2) is 0 Å². The summed E-state index contributed by atoms with van der Waals surface area (Å²) < 4.78 is 0. The SMILES string of the molecule is CCCN(CC1CCCCN1)C1CN2CCC1CC2. The van der Waals surface area contributed by atoms with Crippen molar-refractivity contribution in [3.8, 4) is 0 Å². The van der Waals surface area contributed by atoms with Gasteiger partial charge in [0.05, 0.1) is 0 Å². The molecule has 4 saturated heterocycles. The van der Waals surface area contributed by atoms with Crippen LogP contribution in [-0.4, -0.2) is 61.2 Å². The molecule has 4 rings (SSSR count). The molecule has 2 atom stereocenters. The Morgan fingerprint density at radius 2 is 2.00 bits per heavy atom. The maximum absolute atomic E-state index is 3.74. The minimum Gasteiger partial charge on any atom is -0.313 e. The van der Waals surface area contributed by atoms with E-state index in [0.717, 1.165) is 18.0 Å². The topological polar surface area (TPSA) is 18.5 Å². The average molecular weight is 265 g/mol. The van der Waals surface area contributed by atoms with Crippen molar-refractivity contribution < 1.29 is 0 Å². The predicted octanol–water partition coefficient (Wildman–Crippen LogP) is 1.93. The van der Waals surface area contributed by atoms with Gasteiger partial charge in [-0.25, -0.2) is 0 Å². The van der Waals surface area contributed by atoms with Gasteiger partial charge in [-0.1, -0.05) is 13.3 Å². The van der Waals surface area contributed by atoms with Crippen LogP contribution in [-0.2, 0) is 0 Å². The van der Waals surface area contributed by atoms with Crippen molar-refractivity contribution in [2.45, 2.75) is 57.5 Å². The lowest BCUT2D eigenvalue weighted by atomic mass is 9.82. The van der Waals surface area contributed by atoms with Crippen molar-refractivity contribution in [1.29, 1.82) is 0 Å². The van der Waals surface area contributed by atoms with Gasteiger partial charge < -0.3 is 10.2 Å². The second kappa shape index (κ2) is 6.55. The zero-order chi connectivity index (χ0) is 13.1. The zero-order valence-electron chi connectivity index (χ0n) is 12.6. The maximum Gasteiger partial charge on any atom is 0.0252 e. The highest BCUT2D eigenvalue weighted by Gasteiger charge is 2.37. The van der Waals surface area contributed by atoms with Crippen molar-refractivity contribution in [1.82, 2.24) is 15.1 Å². The molecule has 0 radical (unpaired) electrons. The molecule has 3 nitrogen and oxygen atoms in total. The molecule has 4 fully saturated rings. The molecular weight excluding hydrogens is 234 g/mol. The molecule has 4 heterocycles. The third-order valence-corrected chi connectivity index (χ3v) is 5.47. The van der Waals surface area contributed by atoms with Gasteiger partial charge in [-0.2, -0.15) is 0 Å². The number of hydrogen-bond donors (Lipinski definition) is 1. The normalized spacial score (nSPS) is 38.8. The third-order valence-electron chi connectivity index (χ3n) is 5.47. The monoisotopic (exact) mass is 265 g/mol. The second-order valence-electron chi connectivity index (χ2n) is 6.85. The number of nitrogens with zero attached hydrogens (tertiary/aromatic N) is 2. The van der Waals surface area contributed by atoms with Gasteiger partial charge in [0, 0.05) is 25.2 Å². The van der Waals surface area contributed by atoms with E-state index < -0.39 is 0 Å². The fourth-order valence-corrected chi connectivity index (χ4v) is 4.39. The van der Waals surface area contributed by atoms with E-state index in [1.54, 1.807) is 0 Å². The van der Waals surface area contributed by atoms with Crippen LogP contribution in [0.2, 0.25) is 0 Å². The van der Waals surface area contributed by atoms with Crippen molar-refractivity contribution >= 4 is 0 Å². The summed E-state index contributed by atoms with van der Waals surface area (Å²) in [6, 6.07) is 1.61. The number of nitrogens with one attached hydrogen (secondary N) is 1. The first-order valence-corrected chi connectivity index (χ1v) is 8.56. The fraction of sp³-hybridized carbons (Fsp3) is 1.00. The van der Waals surface area contributed by atoms with Gasteiger partial charge >= 0.3 is 0 Å². The molecule has 3 heteroatoms. The Bertz CT molecular complexity index is 267. The van der Waals surface area contributed by atoms with Crippen LogP contribution in [0.1, 0.15) is 45.4 Å². The molecule has 4 aliphatic heterocycles. The molecule has 0 aromatic rings. The summed E-state index contributed by atoms with van der Waals surface area (Å²) in [5, 5.41) is 3.74. The molecule has 2 unspecified atom stereocenters. The van der Waals surface area contributed by atoms with Crippen LogP contribution in [0.4, 0.5) is 0 Å². The maximum atomic E-state index is 3.74. The van der Waals surface area contributed by atoms with Gasteiger partial charge in [0.15, 0.2) is 0 Å². The van der Waals surface area contributed by atoms with Gasteiger partial charge in [-0.15, -0.1) is 0 Å². The Morgan fingerprint density at radius 1 is 1.16 bits per heavy atom. The van der Waals surface area contributed by atoms with Gasteiger partial charge in [0.25, 0.3) is 0 Å². The predicted molar refractivity (Wildman–Crippen MR) is 80.5 cm³/mol. The molecule has 0 aromatic heterocycles. The average Bonchev–Trinajstić information content (AvgIpc) is 2.49. The molecule has 0 saturated carbocycles. The lowest BCUT2D eigenvalue weighted by Crippen LogP contribution is -2.59. The largest absolute Gasteiger partial charge is 0.313 e. The van der Waals surface area contributed by atoms with Crippen LogP contribution >= 0.6 is 0 Å². The van der Waals surface area contributed by atoms with Gasteiger partial charge in [-0.05, 0) is 64.2 Å². The molecule has 19 heavy (non-hydrogen) atoms. The summed E-state index contributed by atoms with van der Waals surface area (Å²) in [7, 11) is 0. The summed E-state index contributed by atoms with van der Waals surface area (Å²) >= 11 is 0. The third kappa shape index (κ3) is 3.32. The van der Waals surface area contributed by atoms with Gasteiger partial charge in [0.1, 0.15) is 0 Å². The lowest BCUT2D eigenvalue weighted by Gasteiger charge is -2.50. The van der Waals surface area contributed by atoms with E-state index in [4.69, 9.17) is 0 Å². The zero-order valence-corrected chi connectivity index (χ0v) is 12.6. The number of piperidine rings is 4. The smallest absolute Gasteiger partial charge is 0.0252 e. The second-order valence-corrected chi connectivity index (χ2v) is 6.85. The van der Waals surface area contributed by atoms with E-state index in [1.165, 1.54) is 77.8 Å². The van der Waals surface area contributed by atoms with Crippen molar-refractivity contribution in [3.05, 3.63) is 0 Å². The minimum atomic E-state index is 0.760. The van der Waals surface area contributed by atoms with E-state index in [0.29, 0.717) is 0 Å². The highest BCUT2D eigenvalue weighted by molar-refractivity contribution is 4.93. The summed E-state index contributed by atoms with van der Waals surface area (Å²) in [5.74, 6) is 0.986. The quantitative estimate of drug-likeness (QED) is 0.819. The van der Waals surface area contributed by atoms with E-state index in [1.807, 2.05) is 0 Å². The van der Waals surface area contributed by atoms with E-state index in [2.05, 4.69) is 22.0 Å². The van der Waals surface area contributed by atoms with Crippen LogP contribution < -0.4 is 5.32 Å². The lowest BCUT2D eigenvalue weighted by molar-refractivity contribution is 0.000231. The number of rotatable bonds is 5. The Balaban J connectivity index is 1.59. The first-order valence-electron chi connectivity index (χ1n) is 8.56. The molecule has 0 amide bonds. The van der Waals surface area contributed by atoms with E-state index in [9.17, 15) is 0 Å². The molecule has 0 aliphatic carbocycles. The van der Waals surface area contributed by atoms with E-state index in [-0.39, 0.29) is 0 Å². The molecule has 1 N–H and O–H groups in total. The van der Waals surface area contributed by atoms with E-state index >= 15 is 0 Å². The van der Waals surface area contributed by atoms with Crippen LogP contribution in [0, 0.1) is 5.92 Å². The Morgan fingerprint density at radius 3 is 2.58 bits per heavy atom. The molecular formula is C16H31N3. The van der Waals surface area contributed by atoms with Gasteiger partial charge in [0.2, 0.25) is 0 Å². The first kappa shape index (κ1) is 13.8. The Hall–Kier alpha value is -0.120. The van der Waals surface area contributed by atoms with Crippen molar-refractivity contribution in [2.75, 3.05) is 39.3 Å². The molecule has 0 spiro atoms. The molecule has 0 aromatic carbocycles. The Labute approximate surface area is 118 Å². The summed E-state index contributed by atoms with van der Waals surface area (Å²) in [6.07, 6.45) is 8.39. The van der Waals surface area contributed by atoms with Gasteiger partial charge in [-0.3, -0.25) is 4.90 Å². The molecule has 2 bridgehead atoms. The highest BCUT2D eigenvalue weighted by atomic mass is 15.3.